The first-order valence-electron chi connectivity index (χ1n) is 5.93. The van der Waals surface area contributed by atoms with E-state index in [4.69, 9.17) is 23.2 Å². The summed E-state index contributed by atoms with van der Waals surface area (Å²) in [6, 6.07) is 5.62. The molecule has 1 aromatic carbocycles. The number of hydrogen-bond acceptors (Lipinski definition) is 2. The predicted octanol–water partition coefficient (Wildman–Crippen LogP) is 3.17. The molecule has 0 heterocycles. The van der Waals surface area contributed by atoms with Crippen LogP contribution >= 0.6 is 23.2 Å². The van der Waals surface area contributed by atoms with E-state index < -0.39 is 0 Å². The van der Waals surface area contributed by atoms with E-state index in [-0.39, 0.29) is 11.9 Å². The number of halogens is 2. The summed E-state index contributed by atoms with van der Waals surface area (Å²) in [5.41, 5.74) is 1.01. The molecule has 100 valence electrons. The van der Waals surface area contributed by atoms with Crippen LogP contribution in [0, 0.1) is 0 Å². The molecule has 0 bridgehead atoms. The van der Waals surface area contributed by atoms with Crippen molar-refractivity contribution in [1.29, 1.82) is 0 Å². The molecule has 1 aromatic rings. The molecule has 0 aliphatic heterocycles. The van der Waals surface area contributed by atoms with Crippen molar-refractivity contribution in [2.24, 2.45) is 0 Å². The summed E-state index contributed by atoms with van der Waals surface area (Å²) < 4.78 is 0. The Bertz CT molecular complexity index is 410. The van der Waals surface area contributed by atoms with E-state index >= 15 is 0 Å². The first kappa shape index (κ1) is 15.3. The Labute approximate surface area is 118 Å². The smallest absolute Gasteiger partial charge is 0.219 e. The van der Waals surface area contributed by atoms with Crippen molar-refractivity contribution in [3.63, 3.8) is 0 Å². The summed E-state index contributed by atoms with van der Waals surface area (Å²) >= 11 is 12.0. The van der Waals surface area contributed by atoms with E-state index in [9.17, 15) is 4.79 Å². The van der Waals surface area contributed by atoms with Gasteiger partial charge in [-0.2, -0.15) is 0 Å². The largest absolute Gasteiger partial charge is 0.359 e. The number of carbonyl (C=O) groups excluding carboxylic acids is 1. The zero-order valence-electron chi connectivity index (χ0n) is 10.6. The predicted molar refractivity (Wildman–Crippen MR) is 76.2 cm³/mol. The number of amides is 1. The van der Waals surface area contributed by atoms with E-state index in [1.165, 1.54) is 0 Å². The topological polar surface area (TPSA) is 41.1 Å². The van der Waals surface area contributed by atoms with Crippen LogP contribution in [0.5, 0.6) is 0 Å². The fourth-order valence-electron chi connectivity index (χ4n) is 1.66. The zero-order chi connectivity index (χ0) is 13.5. The molecule has 0 aliphatic carbocycles. The summed E-state index contributed by atoms with van der Waals surface area (Å²) in [5.74, 6) is 0.0639. The molecule has 1 unspecified atom stereocenters. The van der Waals surface area contributed by atoms with Crippen molar-refractivity contribution in [1.82, 2.24) is 10.6 Å². The maximum atomic E-state index is 11.0. The van der Waals surface area contributed by atoms with Crippen LogP contribution in [0.3, 0.4) is 0 Å². The highest BCUT2D eigenvalue weighted by Gasteiger charge is 2.09. The van der Waals surface area contributed by atoms with Gasteiger partial charge in [0.15, 0.2) is 0 Å². The van der Waals surface area contributed by atoms with Gasteiger partial charge in [-0.25, -0.2) is 0 Å². The van der Waals surface area contributed by atoms with Crippen LogP contribution in [0.25, 0.3) is 0 Å². The molecule has 0 saturated carbocycles. The van der Waals surface area contributed by atoms with Gasteiger partial charge in [-0.1, -0.05) is 29.3 Å². The first-order chi connectivity index (χ1) is 8.54. The molecule has 0 fully saturated rings. The molecule has 0 radical (unpaired) electrons. The van der Waals surface area contributed by atoms with Gasteiger partial charge in [0.2, 0.25) is 5.91 Å². The molecule has 3 nitrogen and oxygen atoms in total. The average Bonchev–Trinajstić information content (AvgIpc) is 2.34. The molecular formula is C13H18Cl2N2O. The zero-order valence-corrected chi connectivity index (χ0v) is 12.1. The van der Waals surface area contributed by atoms with Gasteiger partial charge >= 0.3 is 0 Å². The summed E-state index contributed by atoms with van der Waals surface area (Å²) in [7, 11) is 1.64. The SMILES string of the molecule is CNC(=O)CCCNC(C)c1ccc(Cl)cc1Cl. The van der Waals surface area contributed by atoms with Crippen molar-refractivity contribution in [2.45, 2.75) is 25.8 Å². The van der Waals surface area contributed by atoms with Crippen LogP contribution in [-0.4, -0.2) is 19.5 Å². The highest BCUT2D eigenvalue weighted by atomic mass is 35.5. The molecule has 1 rings (SSSR count). The van der Waals surface area contributed by atoms with E-state index in [1.807, 2.05) is 19.1 Å². The Balaban J connectivity index is 2.40. The van der Waals surface area contributed by atoms with Crippen molar-refractivity contribution in [3.8, 4) is 0 Å². The molecule has 0 saturated heterocycles. The third-order valence-electron chi connectivity index (χ3n) is 2.74. The Morgan fingerprint density at radius 2 is 2.11 bits per heavy atom. The van der Waals surface area contributed by atoms with Crippen LogP contribution in [0.15, 0.2) is 18.2 Å². The maximum absolute atomic E-state index is 11.0. The number of rotatable bonds is 6. The second-order valence-corrected chi connectivity index (χ2v) is 4.96. The van der Waals surface area contributed by atoms with Crippen molar-refractivity contribution in [2.75, 3.05) is 13.6 Å². The lowest BCUT2D eigenvalue weighted by atomic mass is 10.1. The quantitative estimate of drug-likeness (QED) is 0.790. The van der Waals surface area contributed by atoms with Crippen LogP contribution < -0.4 is 10.6 Å². The molecule has 0 aliphatic rings. The lowest BCUT2D eigenvalue weighted by Gasteiger charge is -2.15. The van der Waals surface area contributed by atoms with Gasteiger partial charge in [0, 0.05) is 29.6 Å². The minimum absolute atomic E-state index is 0.0639. The standard InChI is InChI=1S/C13H18Cl2N2O/c1-9(17-7-3-4-13(18)16-2)11-6-5-10(14)8-12(11)15/h5-6,8-9,17H,3-4,7H2,1-2H3,(H,16,18). The van der Waals surface area contributed by atoms with Crippen molar-refractivity contribution < 1.29 is 4.79 Å². The van der Waals surface area contributed by atoms with Gasteiger partial charge in [-0.15, -0.1) is 0 Å². The Morgan fingerprint density at radius 3 is 2.72 bits per heavy atom. The summed E-state index contributed by atoms with van der Waals surface area (Å²) in [6.07, 6.45) is 1.33. The van der Waals surface area contributed by atoms with Crippen LogP contribution in [0.4, 0.5) is 0 Å². The van der Waals surface area contributed by atoms with Crippen molar-refractivity contribution >= 4 is 29.1 Å². The molecule has 18 heavy (non-hydrogen) atoms. The summed E-state index contributed by atoms with van der Waals surface area (Å²) in [6.45, 7) is 2.81. The van der Waals surface area contributed by atoms with Gasteiger partial charge < -0.3 is 10.6 Å². The molecule has 0 spiro atoms. The van der Waals surface area contributed by atoms with Gasteiger partial charge in [0.05, 0.1) is 0 Å². The van der Waals surface area contributed by atoms with Gasteiger partial charge in [-0.3, -0.25) is 4.79 Å². The summed E-state index contributed by atoms with van der Waals surface area (Å²) in [5, 5.41) is 7.22. The lowest BCUT2D eigenvalue weighted by molar-refractivity contribution is -0.120. The summed E-state index contributed by atoms with van der Waals surface area (Å²) in [4.78, 5) is 11.0. The number of nitrogens with one attached hydrogen (secondary N) is 2. The van der Waals surface area contributed by atoms with E-state index in [0.717, 1.165) is 18.5 Å². The number of carbonyl (C=O) groups is 1. The second kappa shape index (κ2) is 7.62. The Kier molecular flexibility index (Phi) is 6.47. The molecular weight excluding hydrogens is 271 g/mol. The van der Waals surface area contributed by atoms with Gasteiger partial charge in [0.25, 0.3) is 0 Å². The first-order valence-corrected chi connectivity index (χ1v) is 6.69. The van der Waals surface area contributed by atoms with Crippen LogP contribution in [-0.2, 0) is 4.79 Å². The maximum Gasteiger partial charge on any atom is 0.219 e. The van der Waals surface area contributed by atoms with E-state index in [1.54, 1.807) is 13.1 Å². The minimum Gasteiger partial charge on any atom is -0.359 e. The average molecular weight is 289 g/mol. The van der Waals surface area contributed by atoms with Crippen LogP contribution in [0.2, 0.25) is 10.0 Å². The fourth-order valence-corrected chi connectivity index (χ4v) is 2.23. The number of benzene rings is 1. The molecule has 0 aromatic heterocycles. The minimum atomic E-state index is 0.0639. The Morgan fingerprint density at radius 1 is 1.39 bits per heavy atom. The number of hydrogen-bond donors (Lipinski definition) is 2. The van der Waals surface area contributed by atoms with Crippen molar-refractivity contribution in [3.05, 3.63) is 33.8 Å². The normalized spacial score (nSPS) is 12.2. The van der Waals surface area contributed by atoms with E-state index in [0.29, 0.717) is 16.5 Å². The third kappa shape index (κ3) is 4.84. The van der Waals surface area contributed by atoms with Gasteiger partial charge in [0.1, 0.15) is 0 Å². The van der Waals surface area contributed by atoms with E-state index in [2.05, 4.69) is 10.6 Å². The Hall–Kier alpha value is -0.770. The third-order valence-corrected chi connectivity index (χ3v) is 3.30. The monoisotopic (exact) mass is 288 g/mol. The molecule has 5 heteroatoms. The molecule has 1 amide bonds. The second-order valence-electron chi connectivity index (χ2n) is 4.12. The highest BCUT2D eigenvalue weighted by Crippen LogP contribution is 2.25. The fraction of sp³-hybridized carbons (Fsp3) is 0.462. The van der Waals surface area contributed by atoms with Crippen LogP contribution in [0.1, 0.15) is 31.4 Å². The van der Waals surface area contributed by atoms with Gasteiger partial charge in [-0.05, 0) is 37.6 Å². The lowest BCUT2D eigenvalue weighted by Crippen LogP contribution is -2.23. The molecule has 1 atom stereocenters. The molecule has 2 N–H and O–H groups in total. The highest BCUT2D eigenvalue weighted by molar-refractivity contribution is 6.35.